The van der Waals surface area contributed by atoms with Gasteiger partial charge in [0, 0.05) is 6.20 Å². The maximum Gasteiger partial charge on any atom is 0.435 e. The van der Waals surface area contributed by atoms with Crippen molar-refractivity contribution in [3.8, 4) is 0 Å². The van der Waals surface area contributed by atoms with E-state index in [0.29, 0.717) is 0 Å². The highest BCUT2D eigenvalue weighted by Crippen LogP contribution is 2.15. The first-order valence-electron chi connectivity index (χ1n) is 5.21. The van der Waals surface area contributed by atoms with Gasteiger partial charge in [0.05, 0.1) is 0 Å². The lowest BCUT2D eigenvalue weighted by molar-refractivity contribution is 0.133. The van der Waals surface area contributed by atoms with Gasteiger partial charge in [0.25, 0.3) is 6.43 Å². The Bertz CT molecular complexity index is 526. The van der Waals surface area contributed by atoms with Crippen molar-refractivity contribution in [3.63, 3.8) is 0 Å². The largest absolute Gasteiger partial charge is 0.443 e. The number of halogens is 2. The average molecular weight is 252 g/mol. The van der Waals surface area contributed by atoms with Crippen molar-refractivity contribution in [3.05, 3.63) is 53.9 Å². The molecule has 0 N–H and O–H groups in total. The number of carbonyl (C=O) groups excluding carboxylic acids is 1. The summed E-state index contributed by atoms with van der Waals surface area (Å²) in [5, 5.41) is 3.41. The van der Waals surface area contributed by atoms with Gasteiger partial charge in [-0.1, -0.05) is 30.3 Å². The van der Waals surface area contributed by atoms with Gasteiger partial charge in [-0.3, -0.25) is 0 Å². The fraction of sp³-hybridized carbons (Fsp3) is 0.167. The van der Waals surface area contributed by atoms with Crippen LogP contribution in [0.15, 0.2) is 42.6 Å². The van der Waals surface area contributed by atoms with Crippen LogP contribution in [-0.2, 0) is 11.3 Å². The molecule has 1 aromatic carbocycles. The van der Waals surface area contributed by atoms with Crippen molar-refractivity contribution in [2.75, 3.05) is 0 Å². The van der Waals surface area contributed by atoms with Gasteiger partial charge < -0.3 is 4.74 Å². The highest BCUT2D eigenvalue weighted by Gasteiger charge is 2.14. The van der Waals surface area contributed by atoms with Crippen LogP contribution in [0.3, 0.4) is 0 Å². The van der Waals surface area contributed by atoms with E-state index in [0.717, 1.165) is 22.5 Å². The monoisotopic (exact) mass is 252 g/mol. The number of hydrogen-bond acceptors (Lipinski definition) is 3. The Kier molecular flexibility index (Phi) is 3.66. The third-order valence-corrected chi connectivity index (χ3v) is 2.23. The second kappa shape index (κ2) is 5.39. The molecule has 0 saturated carbocycles. The van der Waals surface area contributed by atoms with Crippen LogP contribution in [0.2, 0.25) is 0 Å². The molecule has 0 amide bonds. The molecule has 6 heteroatoms. The Morgan fingerprint density at radius 1 is 1.28 bits per heavy atom. The Hall–Kier alpha value is -2.24. The van der Waals surface area contributed by atoms with E-state index in [1.807, 2.05) is 18.2 Å². The number of aromatic nitrogens is 2. The van der Waals surface area contributed by atoms with Crippen LogP contribution in [-0.4, -0.2) is 15.9 Å². The van der Waals surface area contributed by atoms with Crippen molar-refractivity contribution in [1.82, 2.24) is 9.78 Å². The molecular formula is C12H10F2N2O2. The summed E-state index contributed by atoms with van der Waals surface area (Å²) < 4.78 is 30.2. The van der Waals surface area contributed by atoms with E-state index < -0.39 is 18.2 Å². The normalized spacial score (nSPS) is 10.6. The molecule has 0 aliphatic carbocycles. The second-order valence-corrected chi connectivity index (χ2v) is 3.53. The lowest BCUT2D eigenvalue weighted by Gasteiger charge is -2.04. The zero-order valence-corrected chi connectivity index (χ0v) is 9.29. The van der Waals surface area contributed by atoms with Crippen LogP contribution < -0.4 is 0 Å². The van der Waals surface area contributed by atoms with Gasteiger partial charge >= 0.3 is 6.09 Å². The van der Waals surface area contributed by atoms with Crippen molar-refractivity contribution in [1.29, 1.82) is 0 Å². The first-order chi connectivity index (χ1) is 8.66. The molecular weight excluding hydrogens is 242 g/mol. The Balaban J connectivity index is 1.95. The lowest BCUT2D eigenvalue weighted by atomic mass is 10.2. The number of rotatable bonds is 3. The van der Waals surface area contributed by atoms with Crippen molar-refractivity contribution in [2.45, 2.75) is 13.0 Å². The van der Waals surface area contributed by atoms with E-state index >= 15 is 0 Å². The second-order valence-electron chi connectivity index (χ2n) is 3.53. The van der Waals surface area contributed by atoms with Crippen LogP contribution in [0.5, 0.6) is 0 Å². The third-order valence-electron chi connectivity index (χ3n) is 2.23. The van der Waals surface area contributed by atoms with Gasteiger partial charge in [-0.15, -0.1) is 0 Å². The molecule has 0 fully saturated rings. The summed E-state index contributed by atoms with van der Waals surface area (Å²) in [7, 11) is 0. The van der Waals surface area contributed by atoms with Crippen LogP contribution >= 0.6 is 0 Å². The molecule has 94 valence electrons. The predicted octanol–water partition coefficient (Wildman–Crippen LogP) is 3.01. The maximum atomic E-state index is 12.3. The molecule has 4 nitrogen and oxygen atoms in total. The van der Waals surface area contributed by atoms with E-state index in [9.17, 15) is 13.6 Å². The third kappa shape index (κ3) is 2.91. The molecule has 0 atom stereocenters. The first-order valence-corrected chi connectivity index (χ1v) is 5.21. The predicted molar refractivity (Wildman–Crippen MR) is 59.2 cm³/mol. The number of carbonyl (C=O) groups is 1. The maximum absolute atomic E-state index is 12.3. The van der Waals surface area contributed by atoms with Gasteiger partial charge in [0.2, 0.25) is 0 Å². The van der Waals surface area contributed by atoms with Gasteiger partial charge in [-0.05, 0) is 11.6 Å². The Labute approximate surface area is 102 Å². The zero-order valence-electron chi connectivity index (χ0n) is 9.29. The van der Waals surface area contributed by atoms with Gasteiger partial charge in [0.15, 0.2) is 0 Å². The molecule has 1 heterocycles. The van der Waals surface area contributed by atoms with Crippen LogP contribution in [0.1, 0.15) is 17.7 Å². The minimum atomic E-state index is -2.70. The average Bonchev–Trinajstić information content (AvgIpc) is 2.87. The fourth-order valence-electron chi connectivity index (χ4n) is 1.34. The molecule has 18 heavy (non-hydrogen) atoms. The SMILES string of the molecule is O=C(OCc1ccccc1)n1ccc(C(F)F)n1. The van der Waals surface area contributed by atoms with Crippen molar-refractivity contribution < 1.29 is 18.3 Å². The molecule has 1 aromatic heterocycles. The standard InChI is InChI=1S/C12H10F2N2O2/c13-11(14)10-6-7-16(15-10)12(17)18-8-9-4-2-1-3-5-9/h1-7,11H,8H2. The molecule has 0 spiro atoms. The highest BCUT2D eigenvalue weighted by atomic mass is 19.3. The van der Waals surface area contributed by atoms with Crippen molar-refractivity contribution in [2.24, 2.45) is 0 Å². The summed E-state index contributed by atoms with van der Waals surface area (Å²) in [6, 6.07) is 10.1. The summed E-state index contributed by atoms with van der Waals surface area (Å²) in [6.45, 7) is 0.0730. The van der Waals surface area contributed by atoms with Crippen LogP contribution in [0, 0.1) is 0 Å². The first kappa shape index (κ1) is 12.2. The number of alkyl halides is 2. The quantitative estimate of drug-likeness (QED) is 0.843. The minimum absolute atomic E-state index is 0.0730. The molecule has 0 bridgehead atoms. The van der Waals surface area contributed by atoms with E-state index in [1.54, 1.807) is 12.1 Å². The van der Waals surface area contributed by atoms with Crippen LogP contribution in [0.4, 0.5) is 13.6 Å². The van der Waals surface area contributed by atoms with Crippen molar-refractivity contribution >= 4 is 6.09 Å². The van der Waals surface area contributed by atoms with E-state index in [2.05, 4.69) is 5.10 Å². The summed E-state index contributed by atoms with van der Waals surface area (Å²) in [4.78, 5) is 11.5. The number of nitrogens with zero attached hydrogens (tertiary/aromatic N) is 2. The molecule has 0 saturated heterocycles. The van der Waals surface area contributed by atoms with E-state index in [1.165, 1.54) is 0 Å². The summed E-state index contributed by atoms with van der Waals surface area (Å²) in [5.41, 5.74) is 0.360. The fourth-order valence-corrected chi connectivity index (χ4v) is 1.34. The molecule has 0 unspecified atom stereocenters. The molecule has 2 aromatic rings. The van der Waals surface area contributed by atoms with Crippen LogP contribution in [0.25, 0.3) is 0 Å². The van der Waals surface area contributed by atoms with E-state index in [-0.39, 0.29) is 6.61 Å². The summed E-state index contributed by atoms with van der Waals surface area (Å²) >= 11 is 0. The topological polar surface area (TPSA) is 44.1 Å². The zero-order chi connectivity index (χ0) is 13.0. The number of benzene rings is 1. The van der Waals surface area contributed by atoms with Gasteiger partial charge in [-0.25, -0.2) is 13.6 Å². The molecule has 2 rings (SSSR count). The minimum Gasteiger partial charge on any atom is -0.443 e. The lowest BCUT2D eigenvalue weighted by Crippen LogP contribution is -2.14. The number of hydrogen-bond donors (Lipinski definition) is 0. The molecule has 0 aliphatic rings. The highest BCUT2D eigenvalue weighted by molar-refractivity contribution is 5.69. The molecule has 0 aliphatic heterocycles. The number of ether oxygens (including phenoxy) is 1. The van der Waals surface area contributed by atoms with Gasteiger partial charge in [-0.2, -0.15) is 9.78 Å². The Morgan fingerprint density at radius 2 is 2.00 bits per heavy atom. The molecule has 0 radical (unpaired) electrons. The van der Waals surface area contributed by atoms with E-state index in [4.69, 9.17) is 4.74 Å². The summed E-state index contributed by atoms with van der Waals surface area (Å²) in [6.07, 6.45) is -2.34. The smallest absolute Gasteiger partial charge is 0.435 e. The summed E-state index contributed by atoms with van der Waals surface area (Å²) in [5.74, 6) is 0. The van der Waals surface area contributed by atoms with Gasteiger partial charge in [0.1, 0.15) is 12.3 Å². The Morgan fingerprint density at radius 3 is 2.61 bits per heavy atom.